The molecule has 1 N–H and O–H groups in total. The fraction of sp³-hybridized carbons (Fsp3) is 0.467. The van der Waals surface area contributed by atoms with Crippen molar-refractivity contribution < 1.29 is 13.6 Å². The third kappa shape index (κ3) is 4.71. The van der Waals surface area contributed by atoms with Crippen LogP contribution in [0.4, 0.5) is 14.5 Å². The van der Waals surface area contributed by atoms with Crippen LogP contribution in [-0.2, 0) is 13.5 Å². The molecule has 0 aliphatic carbocycles. The van der Waals surface area contributed by atoms with E-state index in [1.165, 1.54) is 17.9 Å². The molecule has 0 bridgehead atoms. The van der Waals surface area contributed by atoms with Crippen LogP contribution in [0.15, 0.2) is 17.6 Å². The van der Waals surface area contributed by atoms with Gasteiger partial charge in [-0.25, -0.2) is 8.78 Å². The van der Waals surface area contributed by atoms with Crippen LogP contribution in [0.5, 0.6) is 0 Å². The Balaban J connectivity index is 2.14. The zero-order valence-corrected chi connectivity index (χ0v) is 15.5. The number of nitrogens with zero attached hydrogens (tertiary/aromatic N) is 2. The Bertz CT molecular complexity index is 691. The molecule has 0 radical (unpaired) electrons. The van der Waals surface area contributed by atoms with E-state index in [4.69, 9.17) is 0 Å². The van der Waals surface area contributed by atoms with Crippen LogP contribution in [0, 0.1) is 0 Å². The van der Waals surface area contributed by atoms with Crippen LogP contribution in [0.1, 0.15) is 27.4 Å². The van der Waals surface area contributed by atoms with E-state index in [-0.39, 0.29) is 5.56 Å². The van der Waals surface area contributed by atoms with Crippen LogP contribution in [-0.4, -0.2) is 23.8 Å². The monoisotopic (exact) mass is 357 g/mol. The summed E-state index contributed by atoms with van der Waals surface area (Å²) in [7, 11) is 0.341. The molecule has 0 saturated carbocycles. The molecule has 126 valence electrons. The number of anilines is 1. The number of aryl methyl sites for hydroxylation is 2. The van der Waals surface area contributed by atoms with E-state index in [9.17, 15) is 13.6 Å². The van der Waals surface area contributed by atoms with E-state index < -0.39 is 26.1 Å². The Labute approximate surface area is 139 Å². The maximum atomic E-state index is 13.0. The van der Waals surface area contributed by atoms with E-state index in [0.29, 0.717) is 5.69 Å². The van der Waals surface area contributed by atoms with Crippen LogP contribution < -0.4 is 5.32 Å². The summed E-state index contributed by atoms with van der Waals surface area (Å²) in [6, 6.07) is 2.94. The molecule has 0 spiro atoms. The Morgan fingerprint density at radius 1 is 1.43 bits per heavy atom. The predicted octanol–water partition coefficient (Wildman–Crippen LogP) is 4.55. The SMILES string of the molecule is Cn1cc(C(=O)Nc2ccsc2CC[Si](C)(C)C)c(C(F)F)n1. The number of nitrogens with one attached hydrogen (secondary N) is 1. The van der Waals surface area contributed by atoms with Crippen molar-refractivity contribution in [1.29, 1.82) is 0 Å². The molecule has 2 rings (SSSR count). The van der Waals surface area contributed by atoms with Crippen LogP contribution in [0.2, 0.25) is 25.7 Å². The smallest absolute Gasteiger partial charge is 0.282 e. The second-order valence-electron chi connectivity index (χ2n) is 6.67. The van der Waals surface area contributed by atoms with Crippen molar-refractivity contribution in [3.05, 3.63) is 33.8 Å². The third-order valence-corrected chi connectivity index (χ3v) is 6.14. The molecule has 0 atom stereocenters. The first kappa shape index (κ1) is 17.8. The molecule has 0 aliphatic heterocycles. The highest BCUT2D eigenvalue weighted by Crippen LogP contribution is 2.28. The van der Waals surface area contributed by atoms with Crippen molar-refractivity contribution in [3.63, 3.8) is 0 Å². The maximum Gasteiger partial charge on any atom is 0.282 e. The van der Waals surface area contributed by atoms with Gasteiger partial charge in [0.25, 0.3) is 12.3 Å². The van der Waals surface area contributed by atoms with Crippen LogP contribution >= 0.6 is 11.3 Å². The summed E-state index contributed by atoms with van der Waals surface area (Å²) in [4.78, 5) is 13.4. The van der Waals surface area contributed by atoms with E-state index in [1.807, 2.05) is 11.4 Å². The maximum absolute atomic E-state index is 13.0. The molecule has 23 heavy (non-hydrogen) atoms. The molecule has 2 aromatic heterocycles. The highest BCUT2D eigenvalue weighted by atomic mass is 32.1. The van der Waals surface area contributed by atoms with Crippen molar-refractivity contribution in [3.8, 4) is 0 Å². The summed E-state index contributed by atoms with van der Waals surface area (Å²) in [6.07, 6.45) is -0.548. The Morgan fingerprint density at radius 2 is 2.13 bits per heavy atom. The number of carbonyl (C=O) groups is 1. The highest BCUT2D eigenvalue weighted by molar-refractivity contribution is 7.10. The predicted molar refractivity (Wildman–Crippen MR) is 92.3 cm³/mol. The first-order valence-corrected chi connectivity index (χ1v) is 12.0. The molecular weight excluding hydrogens is 336 g/mol. The Morgan fingerprint density at radius 3 is 2.74 bits per heavy atom. The first-order valence-electron chi connectivity index (χ1n) is 7.37. The number of hydrogen-bond acceptors (Lipinski definition) is 3. The molecule has 1 amide bonds. The number of carbonyl (C=O) groups excluding carboxylic acids is 1. The lowest BCUT2D eigenvalue weighted by Crippen LogP contribution is -2.20. The van der Waals surface area contributed by atoms with Gasteiger partial charge in [0.2, 0.25) is 0 Å². The van der Waals surface area contributed by atoms with Gasteiger partial charge in [0.05, 0.1) is 11.3 Å². The molecule has 0 aliphatic rings. The van der Waals surface area contributed by atoms with Gasteiger partial charge in [-0.05, 0) is 17.9 Å². The van der Waals surface area contributed by atoms with E-state index in [0.717, 1.165) is 17.3 Å². The van der Waals surface area contributed by atoms with Gasteiger partial charge in [-0.15, -0.1) is 11.3 Å². The van der Waals surface area contributed by atoms with E-state index in [2.05, 4.69) is 30.1 Å². The second kappa shape index (κ2) is 6.92. The van der Waals surface area contributed by atoms with Crippen molar-refractivity contribution in [2.75, 3.05) is 5.32 Å². The van der Waals surface area contributed by atoms with Crippen molar-refractivity contribution in [2.24, 2.45) is 7.05 Å². The highest BCUT2D eigenvalue weighted by Gasteiger charge is 2.23. The van der Waals surface area contributed by atoms with Crippen molar-refractivity contribution in [2.45, 2.75) is 38.5 Å². The van der Waals surface area contributed by atoms with Crippen LogP contribution in [0.25, 0.3) is 0 Å². The first-order chi connectivity index (χ1) is 10.7. The Hall–Kier alpha value is -1.54. The average molecular weight is 358 g/mol. The molecule has 4 nitrogen and oxygen atoms in total. The second-order valence-corrected chi connectivity index (χ2v) is 13.3. The number of thiophene rings is 1. The van der Waals surface area contributed by atoms with Gasteiger partial charge in [0.1, 0.15) is 5.69 Å². The van der Waals surface area contributed by atoms with Gasteiger partial charge in [0.15, 0.2) is 0 Å². The number of alkyl halides is 2. The van der Waals surface area contributed by atoms with E-state index >= 15 is 0 Å². The molecule has 0 aromatic carbocycles. The lowest BCUT2D eigenvalue weighted by Gasteiger charge is -2.15. The third-order valence-electron chi connectivity index (χ3n) is 3.40. The Kier molecular flexibility index (Phi) is 5.36. The summed E-state index contributed by atoms with van der Waals surface area (Å²) >= 11 is 1.58. The number of aromatic nitrogens is 2. The van der Waals surface area contributed by atoms with Crippen LogP contribution in [0.3, 0.4) is 0 Å². The minimum absolute atomic E-state index is 0.0788. The molecule has 2 aromatic rings. The molecule has 0 unspecified atom stereocenters. The number of rotatable bonds is 6. The zero-order valence-electron chi connectivity index (χ0n) is 13.7. The standard InChI is InChI=1S/C15H21F2N3OSSi/c1-20-9-10(13(19-20)14(16)17)15(21)18-11-5-7-22-12(11)6-8-23(2,3)4/h5,7,9,14H,6,8H2,1-4H3,(H,18,21). The van der Waals surface area contributed by atoms with Gasteiger partial charge in [-0.3, -0.25) is 9.48 Å². The van der Waals surface area contributed by atoms with Gasteiger partial charge >= 0.3 is 0 Å². The summed E-state index contributed by atoms with van der Waals surface area (Å²) in [5.41, 5.74) is 0.149. The lowest BCUT2D eigenvalue weighted by molar-refractivity contribution is 0.101. The minimum atomic E-state index is -2.77. The van der Waals surface area contributed by atoms with Gasteiger partial charge < -0.3 is 5.32 Å². The number of hydrogen-bond donors (Lipinski definition) is 1. The summed E-state index contributed by atoms with van der Waals surface area (Å²) in [5.74, 6) is -0.541. The molecule has 0 fully saturated rings. The van der Waals surface area contributed by atoms with E-state index in [1.54, 1.807) is 11.3 Å². The average Bonchev–Trinajstić information content (AvgIpc) is 3.02. The quantitative estimate of drug-likeness (QED) is 0.771. The van der Waals surface area contributed by atoms with Crippen molar-refractivity contribution in [1.82, 2.24) is 9.78 Å². The zero-order chi connectivity index (χ0) is 17.2. The summed E-state index contributed by atoms with van der Waals surface area (Å²) in [5, 5.41) is 8.33. The summed E-state index contributed by atoms with van der Waals surface area (Å²) in [6.45, 7) is 6.89. The number of halogens is 2. The van der Waals surface area contributed by atoms with Gasteiger partial charge in [-0.2, -0.15) is 5.10 Å². The van der Waals surface area contributed by atoms with Crippen molar-refractivity contribution >= 4 is 31.0 Å². The molecule has 2 heterocycles. The van der Waals surface area contributed by atoms with Gasteiger partial charge in [0, 0.05) is 26.2 Å². The lowest BCUT2D eigenvalue weighted by atomic mass is 10.2. The molecular formula is C15H21F2N3OSSi. The largest absolute Gasteiger partial charge is 0.321 e. The minimum Gasteiger partial charge on any atom is -0.321 e. The fourth-order valence-electron chi connectivity index (χ4n) is 2.17. The molecule has 0 saturated heterocycles. The molecule has 8 heteroatoms. The fourth-order valence-corrected chi connectivity index (χ4v) is 4.18. The number of amides is 1. The summed E-state index contributed by atoms with van der Waals surface area (Å²) < 4.78 is 27.2. The topological polar surface area (TPSA) is 46.9 Å². The van der Waals surface area contributed by atoms with Gasteiger partial charge in [-0.1, -0.05) is 25.7 Å². The normalized spacial score (nSPS) is 12.0.